The number of halogens is 2. The normalized spacial score (nSPS) is 12.0. The summed E-state index contributed by atoms with van der Waals surface area (Å²) in [6, 6.07) is 11.0. The highest BCUT2D eigenvalue weighted by Gasteiger charge is 2.13. The molecule has 0 fully saturated rings. The van der Waals surface area contributed by atoms with Gasteiger partial charge in [-0.15, -0.1) is 0 Å². The summed E-state index contributed by atoms with van der Waals surface area (Å²) < 4.78 is 0. The highest BCUT2D eigenvalue weighted by molar-refractivity contribution is 8.00. The third kappa shape index (κ3) is 4.90. The summed E-state index contributed by atoms with van der Waals surface area (Å²) in [6.07, 6.45) is 2.47. The minimum absolute atomic E-state index is 0.0235. The van der Waals surface area contributed by atoms with E-state index in [0.29, 0.717) is 15.1 Å². The quantitative estimate of drug-likeness (QED) is 0.761. The van der Waals surface area contributed by atoms with Crippen LogP contribution in [0, 0.1) is 0 Å². The second kappa shape index (κ2) is 8.42. The zero-order valence-corrected chi connectivity index (χ0v) is 14.4. The molecule has 1 heterocycles. The monoisotopic (exact) mass is 354 g/mol. The Hall–Kier alpha value is -1.23. The highest BCUT2D eigenvalue weighted by atomic mass is 35.5. The maximum atomic E-state index is 12.1. The molecule has 2 rings (SSSR count). The molecule has 116 valence electrons. The van der Waals surface area contributed by atoms with Crippen LogP contribution in [0.1, 0.15) is 24.9 Å². The summed E-state index contributed by atoms with van der Waals surface area (Å²) in [5, 5.41) is 4.93. The molecular weight excluding hydrogens is 339 g/mol. The predicted octanol–water partition coefficient (Wildman–Crippen LogP) is 4.75. The summed E-state index contributed by atoms with van der Waals surface area (Å²) in [7, 11) is 0. The zero-order valence-electron chi connectivity index (χ0n) is 12.1. The van der Waals surface area contributed by atoms with Gasteiger partial charge in [0.1, 0.15) is 5.03 Å². The number of carbonyl (C=O) groups excluding carboxylic acids is 1. The van der Waals surface area contributed by atoms with Crippen LogP contribution in [0.25, 0.3) is 0 Å². The number of benzene rings is 1. The van der Waals surface area contributed by atoms with Gasteiger partial charge >= 0.3 is 0 Å². The SMILES string of the molecule is CCC(NC(=O)CSc1ncccc1Cl)c1ccc(Cl)cc1. The van der Waals surface area contributed by atoms with Gasteiger partial charge in [0.05, 0.1) is 16.8 Å². The average Bonchev–Trinajstić information content (AvgIpc) is 2.53. The van der Waals surface area contributed by atoms with Crippen molar-refractivity contribution in [2.75, 3.05) is 5.75 Å². The highest BCUT2D eigenvalue weighted by Crippen LogP contribution is 2.24. The Bertz CT molecular complexity index is 634. The molecule has 1 unspecified atom stereocenters. The molecule has 1 aromatic carbocycles. The molecular formula is C16H16Cl2N2OS. The third-order valence-electron chi connectivity index (χ3n) is 3.08. The number of aromatic nitrogens is 1. The van der Waals surface area contributed by atoms with Crippen LogP contribution in [-0.4, -0.2) is 16.6 Å². The molecule has 1 amide bonds. The topological polar surface area (TPSA) is 42.0 Å². The fourth-order valence-electron chi connectivity index (χ4n) is 1.96. The lowest BCUT2D eigenvalue weighted by Crippen LogP contribution is -2.29. The standard InChI is InChI=1S/C16H16Cl2N2OS/c1-2-14(11-5-7-12(17)8-6-11)20-15(21)10-22-16-13(18)4-3-9-19-16/h3-9,14H,2,10H2,1H3,(H,20,21). The fourth-order valence-corrected chi connectivity index (χ4v) is 3.07. The van der Waals surface area contributed by atoms with E-state index in [4.69, 9.17) is 23.2 Å². The minimum Gasteiger partial charge on any atom is -0.349 e. The largest absolute Gasteiger partial charge is 0.349 e. The van der Waals surface area contributed by atoms with Crippen LogP contribution >= 0.6 is 35.0 Å². The maximum absolute atomic E-state index is 12.1. The minimum atomic E-state index is -0.0477. The van der Waals surface area contributed by atoms with E-state index in [1.54, 1.807) is 18.3 Å². The Morgan fingerprint density at radius 2 is 2.00 bits per heavy atom. The number of pyridine rings is 1. The summed E-state index contributed by atoms with van der Waals surface area (Å²) in [5.41, 5.74) is 1.04. The van der Waals surface area contributed by atoms with Crippen molar-refractivity contribution in [1.82, 2.24) is 10.3 Å². The van der Waals surface area contributed by atoms with Crippen molar-refractivity contribution < 1.29 is 4.79 Å². The van der Waals surface area contributed by atoms with Crippen LogP contribution in [0.5, 0.6) is 0 Å². The number of rotatable bonds is 6. The molecule has 0 radical (unpaired) electrons. The first-order valence-corrected chi connectivity index (χ1v) is 8.62. The number of hydrogen-bond donors (Lipinski definition) is 1. The summed E-state index contributed by atoms with van der Waals surface area (Å²) in [6.45, 7) is 2.03. The van der Waals surface area contributed by atoms with E-state index in [2.05, 4.69) is 10.3 Å². The van der Waals surface area contributed by atoms with E-state index in [1.165, 1.54) is 11.8 Å². The molecule has 0 bridgehead atoms. The summed E-state index contributed by atoms with van der Waals surface area (Å²) in [4.78, 5) is 16.3. The smallest absolute Gasteiger partial charge is 0.230 e. The first-order chi connectivity index (χ1) is 10.6. The van der Waals surface area contributed by atoms with Crippen molar-refractivity contribution >= 4 is 40.9 Å². The number of thioether (sulfide) groups is 1. The molecule has 0 spiro atoms. The average molecular weight is 355 g/mol. The van der Waals surface area contributed by atoms with Gasteiger partial charge < -0.3 is 5.32 Å². The first-order valence-electron chi connectivity index (χ1n) is 6.88. The molecule has 0 saturated heterocycles. The summed E-state index contributed by atoms with van der Waals surface area (Å²) in [5.74, 6) is 0.231. The number of hydrogen-bond acceptors (Lipinski definition) is 3. The fraction of sp³-hybridized carbons (Fsp3) is 0.250. The van der Waals surface area contributed by atoms with E-state index in [9.17, 15) is 4.79 Å². The Balaban J connectivity index is 1.92. The van der Waals surface area contributed by atoms with Gasteiger partial charge in [-0.2, -0.15) is 0 Å². The molecule has 1 atom stereocenters. The molecule has 3 nitrogen and oxygen atoms in total. The van der Waals surface area contributed by atoms with Crippen LogP contribution in [-0.2, 0) is 4.79 Å². The molecule has 1 N–H and O–H groups in total. The van der Waals surface area contributed by atoms with Gasteiger partial charge in [-0.25, -0.2) is 4.98 Å². The summed E-state index contributed by atoms with van der Waals surface area (Å²) >= 11 is 13.2. The van der Waals surface area contributed by atoms with Gasteiger partial charge in [0.25, 0.3) is 0 Å². The second-order valence-electron chi connectivity index (χ2n) is 4.66. The Labute approximate surface area is 144 Å². The Morgan fingerprint density at radius 3 is 2.64 bits per heavy atom. The number of carbonyl (C=O) groups is 1. The van der Waals surface area contributed by atoms with Gasteiger partial charge in [0.2, 0.25) is 5.91 Å². The predicted molar refractivity (Wildman–Crippen MR) is 92.6 cm³/mol. The van der Waals surface area contributed by atoms with Crippen LogP contribution in [0.2, 0.25) is 10.0 Å². The van der Waals surface area contributed by atoms with Gasteiger partial charge in [0.15, 0.2) is 0 Å². The van der Waals surface area contributed by atoms with Crippen molar-refractivity contribution in [2.45, 2.75) is 24.4 Å². The van der Waals surface area contributed by atoms with Gasteiger partial charge in [0, 0.05) is 11.2 Å². The van der Waals surface area contributed by atoms with Crippen LogP contribution in [0.4, 0.5) is 0 Å². The van der Waals surface area contributed by atoms with Crippen molar-refractivity contribution in [3.05, 3.63) is 58.2 Å². The van der Waals surface area contributed by atoms with Crippen LogP contribution in [0.15, 0.2) is 47.6 Å². The second-order valence-corrected chi connectivity index (χ2v) is 6.47. The molecule has 22 heavy (non-hydrogen) atoms. The molecule has 6 heteroatoms. The van der Waals surface area contributed by atoms with Gasteiger partial charge in [-0.3, -0.25) is 4.79 Å². The number of nitrogens with one attached hydrogen (secondary N) is 1. The Kier molecular flexibility index (Phi) is 6.55. The van der Waals surface area contributed by atoms with E-state index in [0.717, 1.165) is 12.0 Å². The molecule has 0 aliphatic rings. The van der Waals surface area contributed by atoms with E-state index in [1.807, 2.05) is 31.2 Å². The lowest BCUT2D eigenvalue weighted by Gasteiger charge is -2.17. The zero-order chi connectivity index (χ0) is 15.9. The number of amides is 1. The number of nitrogens with zero attached hydrogens (tertiary/aromatic N) is 1. The van der Waals surface area contributed by atoms with Gasteiger partial charge in [-0.1, -0.05) is 54.0 Å². The van der Waals surface area contributed by atoms with Crippen molar-refractivity contribution in [1.29, 1.82) is 0 Å². The van der Waals surface area contributed by atoms with Gasteiger partial charge in [-0.05, 0) is 36.2 Å². The molecule has 0 aliphatic heterocycles. The maximum Gasteiger partial charge on any atom is 0.230 e. The van der Waals surface area contributed by atoms with Crippen LogP contribution < -0.4 is 5.32 Å². The molecule has 0 aliphatic carbocycles. The van der Waals surface area contributed by atoms with Crippen molar-refractivity contribution in [2.24, 2.45) is 0 Å². The van der Waals surface area contributed by atoms with Crippen molar-refractivity contribution in [3.8, 4) is 0 Å². The molecule has 0 saturated carbocycles. The van der Waals surface area contributed by atoms with Crippen LogP contribution in [0.3, 0.4) is 0 Å². The van der Waals surface area contributed by atoms with Crippen molar-refractivity contribution in [3.63, 3.8) is 0 Å². The van der Waals surface area contributed by atoms with E-state index in [-0.39, 0.29) is 17.7 Å². The lowest BCUT2D eigenvalue weighted by molar-refractivity contribution is -0.119. The third-order valence-corrected chi connectivity index (χ3v) is 4.75. The molecule has 2 aromatic rings. The first kappa shape index (κ1) is 17.1. The Morgan fingerprint density at radius 1 is 1.27 bits per heavy atom. The van der Waals surface area contributed by atoms with E-state index < -0.39 is 0 Å². The lowest BCUT2D eigenvalue weighted by atomic mass is 10.0. The molecule has 1 aromatic heterocycles. The van der Waals surface area contributed by atoms with E-state index >= 15 is 0 Å².